The molecule has 1 aromatic carbocycles. The molecule has 4 nitrogen and oxygen atoms in total. The van der Waals surface area contributed by atoms with Crippen LogP contribution in [0.15, 0.2) is 24.3 Å². The van der Waals surface area contributed by atoms with Gasteiger partial charge in [0.05, 0.1) is 14.2 Å². The first-order valence-corrected chi connectivity index (χ1v) is 6.23. The summed E-state index contributed by atoms with van der Waals surface area (Å²) in [6.45, 7) is 0. The van der Waals surface area contributed by atoms with Crippen LogP contribution in [-0.2, 0) is 9.53 Å². The van der Waals surface area contributed by atoms with Gasteiger partial charge < -0.3 is 9.47 Å². The van der Waals surface area contributed by atoms with E-state index in [2.05, 4.69) is 5.32 Å². The molecule has 0 radical (unpaired) electrons. The van der Waals surface area contributed by atoms with Crippen molar-refractivity contribution >= 4 is 5.97 Å². The van der Waals surface area contributed by atoms with Crippen molar-refractivity contribution in [2.75, 3.05) is 14.2 Å². The average Bonchev–Trinajstić information content (AvgIpc) is 2.46. The number of carbonyl (C=O) groups is 1. The standard InChI is InChI=1S/C14H19NO3/c1-17-13-9-4-3-6-10(13)11-7-5-8-12(15-11)14(16)18-2/h3-4,6,9,11-12,15H,5,7-8H2,1-2H3. The highest BCUT2D eigenvalue weighted by atomic mass is 16.5. The molecule has 0 spiro atoms. The molecule has 0 amide bonds. The lowest BCUT2D eigenvalue weighted by atomic mass is 9.93. The summed E-state index contributed by atoms with van der Waals surface area (Å²) < 4.78 is 10.2. The minimum atomic E-state index is -0.210. The van der Waals surface area contributed by atoms with Crippen molar-refractivity contribution in [2.45, 2.75) is 31.3 Å². The minimum Gasteiger partial charge on any atom is -0.496 e. The predicted molar refractivity (Wildman–Crippen MR) is 68.5 cm³/mol. The van der Waals surface area contributed by atoms with E-state index in [1.54, 1.807) is 7.11 Å². The van der Waals surface area contributed by atoms with E-state index in [4.69, 9.17) is 9.47 Å². The lowest BCUT2D eigenvalue weighted by Crippen LogP contribution is -2.43. The largest absolute Gasteiger partial charge is 0.496 e. The fourth-order valence-corrected chi connectivity index (χ4v) is 2.46. The van der Waals surface area contributed by atoms with Gasteiger partial charge in [-0.05, 0) is 25.3 Å². The second-order valence-electron chi connectivity index (χ2n) is 4.47. The number of benzene rings is 1. The first-order valence-electron chi connectivity index (χ1n) is 6.23. The monoisotopic (exact) mass is 249 g/mol. The first kappa shape index (κ1) is 12.9. The maximum atomic E-state index is 11.6. The fraction of sp³-hybridized carbons (Fsp3) is 0.500. The Morgan fingerprint density at radius 2 is 2.06 bits per heavy atom. The molecule has 0 aliphatic carbocycles. The zero-order valence-electron chi connectivity index (χ0n) is 10.8. The molecule has 1 N–H and O–H groups in total. The summed E-state index contributed by atoms with van der Waals surface area (Å²) >= 11 is 0. The van der Waals surface area contributed by atoms with Crippen LogP contribution in [0.2, 0.25) is 0 Å². The van der Waals surface area contributed by atoms with E-state index in [9.17, 15) is 4.79 Å². The summed E-state index contributed by atoms with van der Waals surface area (Å²) in [6.07, 6.45) is 2.85. The van der Waals surface area contributed by atoms with Crippen LogP contribution in [0.3, 0.4) is 0 Å². The molecule has 1 fully saturated rings. The number of esters is 1. The van der Waals surface area contributed by atoms with E-state index in [1.807, 2.05) is 24.3 Å². The maximum Gasteiger partial charge on any atom is 0.322 e. The highest BCUT2D eigenvalue weighted by molar-refractivity contribution is 5.75. The number of hydrogen-bond acceptors (Lipinski definition) is 4. The van der Waals surface area contributed by atoms with E-state index in [-0.39, 0.29) is 18.1 Å². The van der Waals surface area contributed by atoms with Crippen LogP contribution in [0.25, 0.3) is 0 Å². The fourth-order valence-electron chi connectivity index (χ4n) is 2.46. The van der Waals surface area contributed by atoms with Crippen molar-refractivity contribution in [1.82, 2.24) is 5.32 Å². The van der Waals surface area contributed by atoms with Crippen LogP contribution in [0.4, 0.5) is 0 Å². The van der Waals surface area contributed by atoms with E-state index < -0.39 is 0 Å². The van der Waals surface area contributed by atoms with Gasteiger partial charge in [0, 0.05) is 11.6 Å². The second kappa shape index (κ2) is 5.87. The van der Waals surface area contributed by atoms with Crippen LogP contribution in [0.5, 0.6) is 5.75 Å². The molecule has 0 bridgehead atoms. The smallest absolute Gasteiger partial charge is 0.322 e. The van der Waals surface area contributed by atoms with Gasteiger partial charge in [-0.2, -0.15) is 0 Å². The number of rotatable bonds is 3. The lowest BCUT2D eigenvalue weighted by molar-refractivity contribution is -0.144. The van der Waals surface area contributed by atoms with Crippen LogP contribution < -0.4 is 10.1 Å². The summed E-state index contributed by atoms with van der Waals surface area (Å²) in [4.78, 5) is 11.6. The number of methoxy groups -OCH3 is 2. The predicted octanol–water partition coefficient (Wildman–Crippen LogP) is 2.05. The Balaban J connectivity index is 2.15. The van der Waals surface area contributed by atoms with Crippen LogP contribution in [0.1, 0.15) is 30.9 Å². The number of para-hydroxylation sites is 1. The molecule has 2 rings (SSSR count). The summed E-state index contributed by atoms with van der Waals surface area (Å²) in [5, 5.41) is 3.34. The maximum absolute atomic E-state index is 11.6. The molecular formula is C14H19NO3. The molecule has 0 saturated carbocycles. The van der Waals surface area contributed by atoms with Crippen LogP contribution in [-0.4, -0.2) is 26.2 Å². The highest BCUT2D eigenvalue weighted by Gasteiger charge is 2.28. The van der Waals surface area contributed by atoms with Crippen molar-refractivity contribution in [1.29, 1.82) is 0 Å². The van der Waals surface area contributed by atoms with Crippen molar-refractivity contribution in [3.63, 3.8) is 0 Å². The molecular weight excluding hydrogens is 230 g/mol. The van der Waals surface area contributed by atoms with Gasteiger partial charge in [0.1, 0.15) is 11.8 Å². The topological polar surface area (TPSA) is 47.6 Å². The van der Waals surface area contributed by atoms with Crippen molar-refractivity contribution < 1.29 is 14.3 Å². The molecule has 1 aliphatic heterocycles. The van der Waals surface area contributed by atoms with Gasteiger partial charge in [-0.3, -0.25) is 10.1 Å². The number of piperidine rings is 1. The van der Waals surface area contributed by atoms with Gasteiger partial charge in [-0.25, -0.2) is 0 Å². The SMILES string of the molecule is COC(=O)C1CCCC(c2ccccc2OC)N1. The number of nitrogens with one attached hydrogen (secondary N) is 1. The quantitative estimate of drug-likeness (QED) is 0.833. The molecule has 1 aromatic rings. The molecule has 1 aliphatic rings. The van der Waals surface area contributed by atoms with E-state index in [1.165, 1.54) is 7.11 Å². The number of hydrogen-bond donors (Lipinski definition) is 1. The molecule has 1 saturated heterocycles. The van der Waals surface area contributed by atoms with Crippen LogP contribution in [0, 0.1) is 0 Å². The second-order valence-corrected chi connectivity index (χ2v) is 4.47. The third kappa shape index (κ3) is 2.64. The first-order chi connectivity index (χ1) is 8.76. The number of carbonyl (C=O) groups excluding carboxylic acids is 1. The van der Waals surface area contributed by atoms with Gasteiger partial charge in [0.2, 0.25) is 0 Å². The zero-order chi connectivity index (χ0) is 13.0. The summed E-state index contributed by atoms with van der Waals surface area (Å²) in [5.41, 5.74) is 1.11. The molecule has 2 atom stereocenters. The Labute approximate surface area is 107 Å². The van der Waals surface area contributed by atoms with Gasteiger partial charge >= 0.3 is 5.97 Å². The Morgan fingerprint density at radius 1 is 1.28 bits per heavy atom. The normalized spacial score (nSPS) is 23.4. The van der Waals surface area contributed by atoms with E-state index in [0.717, 1.165) is 30.6 Å². The van der Waals surface area contributed by atoms with E-state index in [0.29, 0.717) is 0 Å². The summed E-state index contributed by atoms with van der Waals surface area (Å²) in [6, 6.07) is 7.86. The average molecular weight is 249 g/mol. The zero-order valence-corrected chi connectivity index (χ0v) is 10.8. The molecule has 2 unspecified atom stereocenters. The Hall–Kier alpha value is -1.55. The van der Waals surface area contributed by atoms with Gasteiger partial charge in [0.15, 0.2) is 0 Å². The third-order valence-corrected chi connectivity index (χ3v) is 3.39. The summed E-state index contributed by atoms with van der Waals surface area (Å²) in [5.74, 6) is 0.676. The Bertz CT molecular complexity index is 419. The van der Waals surface area contributed by atoms with Crippen molar-refractivity contribution in [3.8, 4) is 5.75 Å². The minimum absolute atomic E-state index is 0.152. The van der Waals surface area contributed by atoms with Gasteiger partial charge in [-0.15, -0.1) is 0 Å². The molecule has 0 aromatic heterocycles. The molecule has 98 valence electrons. The Kier molecular flexibility index (Phi) is 4.20. The number of ether oxygens (including phenoxy) is 2. The molecule has 18 heavy (non-hydrogen) atoms. The molecule has 1 heterocycles. The lowest BCUT2D eigenvalue weighted by Gasteiger charge is -2.30. The van der Waals surface area contributed by atoms with Gasteiger partial charge in [-0.1, -0.05) is 18.2 Å². The third-order valence-electron chi connectivity index (χ3n) is 3.39. The summed E-state index contributed by atoms with van der Waals surface area (Å²) in [7, 11) is 3.09. The van der Waals surface area contributed by atoms with Crippen LogP contribution >= 0.6 is 0 Å². The Morgan fingerprint density at radius 3 is 2.78 bits per heavy atom. The van der Waals surface area contributed by atoms with Crippen molar-refractivity contribution in [3.05, 3.63) is 29.8 Å². The van der Waals surface area contributed by atoms with E-state index >= 15 is 0 Å². The van der Waals surface area contributed by atoms with Crippen molar-refractivity contribution in [2.24, 2.45) is 0 Å². The molecule has 4 heteroatoms. The highest BCUT2D eigenvalue weighted by Crippen LogP contribution is 2.31. The van der Waals surface area contributed by atoms with Gasteiger partial charge in [0.25, 0.3) is 0 Å².